The maximum Gasteiger partial charge on any atom is 0.249 e. The van der Waals surface area contributed by atoms with Gasteiger partial charge in [0.15, 0.2) is 0 Å². The zero-order valence-corrected chi connectivity index (χ0v) is 13.8. The van der Waals surface area contributed by atoms with E-state index in [2.05, 4.69) is 26.1 Å². The van der Waals surface area contributed by atoms with Crippen molar-refractivity contribution in [1.82, 2.24) is 5.32 Å². The molecule has 120 valence electrons. The van der Waals surface area contributed by atoms with Gasteiger partial charge in [-0.15, -0.1) is 0 Å². The molecule has 22 heavy (non-hydrogen) atoms. The number of carbonyl (C=O) groups is 1. The molecular formula is C19H27NO2. The lowest BCUT2D eigenvalue weighted by atomic mass is 9.69. The standard InChI is InChI=1S/C19H27NO2/c1-18(2)14-9-10-19(18,3)16(12-14)20-17(22)15(21)11-13-7-5-4-6-8-13/h4-8,14-16,21H,9-12H2,1-3H3,(H,20,22)/t14-,15+,16+,19+/m0/s1. The normalized spacial score (nSPS) is 33.6. The molecule has 1 amide bonds. The fourth-order valence-corrected chi connectivity index (χ4v) is 4.62. The first-order valence-corrected chi connectivity index (χ1v) is 8.37. The molecule has 3 rings (SSSR count). The highest BCUT2D eigenvalue weighted by Gasteiger charge is 2.61. The lowest BCUT2D eigenvalue weighted by molar-refractivity contribution is -0.131. The van der Waals surface area contributed by atoms with Crippen LogP contribution in [0.2, 0.25) is 0 Å². The van der Waals surface area contributed by atoms with E-state index in [-0.39, 0.29) is 22.8 Å². The van der Waals surface area contributed by atoms with Crippen molar-refractivity contribution < 1.29 is 9.90 Å². The first-order chi connectivity index (χ1) is 10.3. The molecule has 1 aromatic carbocycles. The van der Waals surface area contributed by atoms with Crippen molar-refractivity contribution in [3.05, 3.63) is 35.9 Å². The first kappa shape index (κ1) is 15.5. The summed E-state index contributed by atoms with van der Waals surface area (Å²) in [6.07, 6.45) is 2.90. The Kier molecular flexibility index (Phi) is 3.80. The molecular weight excluding hydrogens is 274 g/mol. The van der Waals surface area contributed by atoms with Gasteiger partial charge >= 0.3 is 0 Å². The van der Waals surface area contributed by atoms with Crippen LogP contribution in [-0.2, 0) is 11.2 Å². The third-order valence-corrected chi connectivity index (χ3v) is 6.69. The van der Waals surface area contributed by atoms with Crippen molar-refractivity contribution in [1.29, 1.82) is 0 Å². The lowest BCUT2D eigenvalue weighted by Crippen LogP contribution is -2.50. The SMILES string of the molecule is CC1(C)[C@H]2CC[C@]1(C)[C@H](NC(=O)[C@H](O)Cc1ccccc1)C2. The molecule has 2 aliphatic rings. The van der Waals surface area contributed by atoms with Gasteiger partial charge in [-0.1, -0.05) is 51.1 Å². The van der Waals surface area contributed by atoms with Gasteiger partial charge in [-0.2, -0.15) is 0 Å². The minimum absolute atomic E-state index is 0.153. The fourth-order valence-electron chi connectivity index (χ4n) is 4.62. The predicted octanol–water partition coefficient (Wildman–Crippen LogP) is 2.92. The summed E-state index contributed by atoms with van der Waals surface area (Å²) in [7, 11) is 0. The number of rotatable bonds is 4. The Morgan fingerprint density at radius 3 is 2.55 bits per heavy atom. The van der Waals surface area contributed by atoms with E-state index in [9.17, 15) is 9.90 Å². The molecule has 3 heteroatoms. The summed E-state index contributed by atoms with van der Waals surface area (Å²) in [6, 6.07) is 9.88. The molecule has 0 heterocycles. The van der Waals surface area contributed by atoms with Crippen molar-refractivity contribution in [3.63, 3.8) is 0 Å². The topological polar surface area (TPSA) is 49.3 Å². The number of aliphatic hydroxyl groups is 1. The Morgan fingerprint density at radius 2 is 2.00 bits per heavy atom. The molecule has 4 atom stereocenters. The summed E-state index contributed by atoms with van der Waals surface area (Å²) in [4.78, 5) is 12.4. The number of aliphatic hydroxyl groups excluding tert-OH is 1. The highest BCUT2D eigenvalue weighted by atomic mass is 16.3. The zero-order valence-electron chi connectivity index (χ0n) is 13.8. The molecule has 0 unspecified atom stereocenters. The minimum atomic E-state index is -0.965. The number of hydrogen-bond acceptors (Lipinski definition) is 2. The van der Waals surface area contributed by atoms with E-state index in [0.29, 0.717) is 12.3 Å². The molecule has 0 aliphatic heterocycles. The van der Waals surface area contributed by atoms with Gasteiger partial charge < -0.3 is 10.4 Å². The molecule has 0 spiro atoms. The molecule has 2 bridgehead atoms. The highest BCUT2D eigenvalue weighted by molar-refractivity contribution is 5.81. The van der Waals surface area contributed by atoms with Gasteiger partial charge in [0.1, 0.15) is 6.10 Å². The molecule has 2 fully saturated rings. The average Bonchev–Trinajstić information content (AvgIpc) is 2.81. The van der Waals surface area contributed by atoms with Crippen molar-refractivity contribution in [2.75, 3.05) is 0 Å². The van der Waals surface area contributed by atoms with Crippen LogP contribution >= 0.6 is 0 Å². The molecule has 3 nitrogen and oxygen atoms in total. The monoisotopic (exact) mass is 301 g/mol. The second-order valence-electron chi connectivity index (χ2n) is 7.88. The second kappa shape index (κ2) is 5.38. The molecule has 1 aromatic rings. The Morgan fingerprint density at radius 1 is 1.32 bits per heavy atom. The van der Waals surface area contributed by atoms with Gasteiger partial charge in [0.25, 0.3) is 0 Å². The van der Waals surface area contributed by atoms with E-state index >= 15 is 0 Å². The van der Waals surface area contributed by atoms with Crippen molar-refractivity contribution in [2.24, 2.45) is 16.7 Å². The van der Waals surface area contributed by atoms with Crippen LogP contribution in [-0.4, -0.2) is 23.2 Å². The van der Waals surface area contributed by atoms with Crippen molar-refractivity contribution >= 4 is 5.91 Å². The molecule has 2 saturated carbocycles. The Balaban J connectivity index is 1.63. The molecule has 2 aliphatic carbocycles. The summed E-state index contributed by atoms with van der Waals surface area (Å²) >= 11 is 0. The van der Waals surface area contributed by atoms with Crippen molar-refractivity contribution in [3.8, 4) is 0 Å². The predicted molar refractivity (Wildman–Crippen MR) is 87.3 cm³/mol. The first-order valence-electron chi connectivity index (χ1n) is 8.37. The van der Waals surface area contributed by atoms with Crippen LogP contribution in [0.15, 0.2) is 30.3 Å². The van der Waals surface area contributed by atoms with E-state index in [0.717, 1.165) is 12.0 Å². The summed E-state index contributed by atoms with van der Waals surface area (Å²) < 4.78 is 0. The second-order valence-corrected chi connectivity index (χ2v) is 7.88. The van der Waals surface area contributed by atoms with Gasteiger partial charge in [-0.3, -0.25) is 4.79 Å². The van der Waals surface area contributed by atoms with E-state index in [1.807, 2.05) is 30.3 Å². The van der Waals surface area contributed by atoms with E-state index in [4.69, 9.17) is 0 Å². The summed E-state index contributed by atoms with van der Waals surface area (Å²) in [5, 5.41) is 13.3. The van der Waals surface area contributed by atoms with Crippen LogP contribution in [0.25, 0.3) is 0 Å². The van der Waals surface area contributed by atoms with Gasteiger partial charge in [0.2, 0.25) is 5.91 Å². The minimum Gasteiger partial charge on any atom is -0.383 e. The van der Waals surface area contributed by atoms with E-state index < -0.39 is 6.10 Å². The van der Waals surface area contributed by atoms with Crippen LogP contribution in [0.5, 0.6) is 0 Å². The molecule has 2 N–H and O–H groups in total. The Hall–Kier alpha value is -1.35. The average molecular weight is 301 g/mol. The van der Waals surface area contributed by atoms with Gasteiger partial charge in [-0.25, -0.2) is 0 Å². The van der Waals surface area contributed by atoms with Gasteiger partial charge in [0, 0.05) is 12.5 Å². The summed E-state index contributed by atoms with van der Waals surface area (Å²) in [6.45, 7) is 6.96. The summed E-state index contributed by atoms with van der Waals surface area (Å²) in [5.74, 6) is 0.465. The number of nitrogens with one attached hydrogen (secondary N) is 1. The lowest BCUT2D eigenvalue weighted by Gasteiger charge is -2.39. The molecule has 0 aromatic heterocycles. The van der Waals surface area contributed by atoms with Gasteiger partial charge in [-0.05, 0) is 41.6 Å². The van der Waals surface area contributed by atoms with Gasteiger partial charge in [0.05, 0.1) is 0 Å². The number of benzene rings is 1. The quantitative estimate of drug-likeness (QED) is 0.898. The van der Waals surface area contributed by atoms with Crippen LogP contribution in [0, 0.1) is 16.7 Å². The van der Waals surface area contributed by atoms with Crippen LogP contribution in [0.1, 0.15) is 45.6 Å². The zero-order chi connectivity index (χ0) is 16.0. The number of amides is 1. The number of carbonyl (C=O) groups excluding carboxylic acids is 1. The highest BCUT2D eigenvalue weighted by Crippen LogP contribution is 2.65. The van der Waals surface area contributed by atoms with E-state index in [1.54, 1.807) is 0 Å². The maximum atomic E-state index is 12.4. The van der Waals surface area contributed by atoms with Crippen LogP contribution in [0.4, 0.5) is 0 Å². The van der Waals surface area contributed by atoms with Crippen molar-refractivity contribution in [2.45, 2.75) is 58.6 Å². The third-order valence-electron chi connectivity index (χ3n) is 6.69. The Bertz CT molecular complexity index is 554. The smallest absolute Gasteiger partial charge is 0.249 e. The number of fused-ring (bicyclic) bond motifs is 2. The molecule has 0 saturated heterocycles. The largest absolute Gasteiger partial charge is 0.383 e. The maximum absolute atomic E-state index is 12.4. The Labute approximate surface area is 133 Å². The summed E-state index contributed by atoms with van der Waals surface area (Å²) in [5.41, 5.74) is 1.42. The van der Waals surface area contributed by atoms with E-state index in [1.165, 1.54) is 12.8 Å². The van der Waals surface area contributed by atoms with Crippen LogP contribution in [0.3, 0.4) is 0 Å². The third kappa shape index (κ3) is 2.36. The fraction of sp³-hybridized carbons (Fsp3) is 0.632. The van der Waals surface area contributed by atoms with Crippen LogP contribution < -0.4 is 5.32 Å². The molecule has 0 radical (unpaired) electrons. The number of hydrogen-bond donors (Lipinski definition) is 2.